The van der Waals surface area contributed by atoms with Crippen LogP contribution in [0.1, 0.15) is 25.5 Å². The van der Waals surface area contributed by atoms with E-state index >= 15 is 0 Å². The highest BCUT2D eigenvalue weighted by Crippen LogP contribution is 1.99. The van der Waals surface area contributed by atoms with Crippen LogP contribution in [-0.2, 0) is 11.2 Å². The van der Waals surface area contributed by atoms with Crippen LogP contribution in [0.25, 0.3) is 0 Å². The Bertz CT molecular complexity index is 362. The van der Waals surface area contributed by atoms with Gasteiger partial charge in [0.1, 0.15) is 0 Å². The van der Waals surface area contributed by atoms with E-state index in [-0.39, 0.29) is 18.0 Å². The third-order valence-electron chi connectivity index (χ3n) is 1.73. The Morgan fingerprint density at radius 3 is 2.69 bits per heavy atom. The molecule has 0 bridgehead atoms. The van der Waals surface area contributed by atoms with Crippen molar-refractivity contribution in [2.24, 2.45) is 0 Å². The average Bonchev–Trinajstić information content (AvgIpc) is 2.32. The number of nitrogens with one attached hydrogen (secondary N) is 1. The van der Waals surface area contributed by atoms with Crippen LogP contribution in [0.4, 0.5) is 0 Å². The first-order valence-electron chi connectivity index (χ1n) is 4.03. The van der Waals surface area contributed by atoms with Crippen molar-refractivity contribution in [3.63, 3.8) is 0 Å². The van der Waals surface area contributed by atoms with E-state index < -0.39 is 5.97 Å². The van der Waals surface area contributed by atoms with Gasteiger partial charge in [0.2, 0.25) is 0 Å². The van der Waals surface area contributed by atoms with Gasteiger partial charge in [-0.1, -0.05) is 0 Å². The summed E-state index contributed by atoms with van der Waals surface area (Å²) in [5, 5.41) is 11.2. The molecule has 0 aliphatic carbocycles. The van der Waals surface area contributed by atoms with E-state index in [0.29, 0.717) is 5.56 Å². The van der Waals surface area contributed by atoms with Gasteiger partial charge >= 0.3 is 5.97 Å². The van der Waals surface area contributed by atoms with Crippen LogP contribution in [0.2, 0.25) is 0 Å². The van der Waals surface area contributed by atoms with Crippen molar-refractivity contribution >= 4 is 5.97 Å². The molecule has 0 saturated carbocycles. The molecule has 13 heavy (non-hydrogen) atoms. The number of hydrogen-bond donors (Lipinski definition) is 2. The topological polar surface area (TPSA) is 75.1 Å². The van der Waals surface area contributed by atoms with Gasteiger partial charge in [-0.15, -0.1) is 0 Å². The van der Waals surface area contributed by atoms with E-state index in [1.807, 2.05) is 13.8 Å². The minimum Gasteiger partial charge on any atom is -0.481 e. The molecule has 1 rings (SSSR count). The van der Waals surface area contributed by atoms with Gasteiger partial charge in [0.15, 0.2) is 0 Å². The molecule has 0 aliphatic heterocycles. The smallest absolute Gasteiger partial charge is 0.308 e. The van der Waals surface area contributed by atoms with E-state index in [2.05, 4.69) is 5.10 Å². The molecule has 72 valence electrons. The molecule has 5 nitrogen and oxygen atoms in total. The van der Waals surface area contributed by atoms with E-state index in [0.717, 1.165) is 0 Å². The van der Waals surface area contributed by atoms with Gasteiger partial charge < -0.3 is 10.2 Å². The molecule has 0 aliphatic rings. The second-order valence-electron chi connectivity index (χ2n) is 3.14. The van der Waals surface area contributed by atoms with E-state index in [1.54, 1.807) is 0 Å². The Kier molecular flexibility index (Phi) is 2.55. The fourth-order valence-electron chi connectivity index (χ4n) is 1.10. The van der Waals surface area contributed by atoms with Crippen molar-refractivity contribution in [1.29, 1.82) is 0 Å². The quantitative estimate of drug-likeness (QED) is 0.713. The maximum atomic E-state index is 11.4. The minimum atomic E-state index is -0.994. The summed E-state index contributed by atoms with van der Waals surface area (Å²) in [6.45, 7) is 3.70. The molecule has 0 aromatic carbocycles. The molecule has 2 N–H and O–H groups in total. The third kappa shape index (κ3) is 1.99. The summed E-state index contributed by atoms with van der Waals surface area (Å²) in [7, 11) is 0. The van der Waals surface area contributed by atoms with Crippen molar-refractivity contribution in [1.82, 2.24) is 9.78 Å². The van der Waals surface area contributed by atoms with Crippen LogP contribution in [0.5, 0.6) is 0 Å². The molecular weight excluding hydrogens is 172 g/mol. The number of carboxylic acid groups (broad SMARTS) is 1. The van der Waals surface area contributed by atoms with E-state index in [9.17, 15) is 9.59 Å². The van der Waals surface area contributed by atoms with Crippen molar-refractivity contribution in [3.8, 4) is 0 Å². The van der Waals surface area contributed by atoms with Gasteiger partial charge in [-0.3, -0.25) is 14.3 Å². The Balaban J connectivity index is 3.00. The number of hydrogen-bond acceptors (Lipinski definition) is 2. The molecule has 0 atom stereocenters. The second kappa shape index (κ2) is 3.47. The van der Waals surface area contributed by atoms with Gasteiger partial charge in [-0.2, -0.15) is 0 Å². The molecule has 0 fully saturated rings. The number of H-pyrrole nitrogens is 1. The number of carbonyl (C=O) groups is 1. The second-order valence-corrected chi connectivity index (χ2v) is 3.14. The molecule has 0 spiro atoms. The number of carboxylic acids is 1. The Labute approximate surface area is 75.0 Å². The van der Waals surface area contributed by atoms with Gasteiger partial charge in [0.05, 0.1) is 6.42 Å². The zero-order valence-electron chi connectivity index (χ0n) is 7.57. The first-order chi connectivity index (χ1) is 6.02. The summed E-state index contributed by atoms with van der Waals surface area (Å²) in [6, 6.07) is 0.0232. The van der Waals surface area contributed by atoms with E-state index in [1.165, 1.54) is 10.9 Å². The lowest BCUT2D eigenvalue weighted by atomic mass is 10.2. The largest absolute Gasteiger partial charge is 0.481 e. The number of aliphatic carboxylic acids is 1. The lowest BCUT2D eigenvalue weighted by molar-refractivity contribution is -0.136. The summed E-state index contributed by atoms with van der Waals surface area (Å²) in [6.07, 6.45) is 1.21. The summed E-state index contributed by atoms with van der Waals surface area (Å²) in [5.74, 6) is -0.994. The normalized spacial score (nSPS) is 10.7. The van der Waals surface area contributed by atoms with Crippen molar-refractivity contribution in [2.75, 3.05) is 0 Å². The highest BCUT2D eigenvalue weighted by Gasteiger charge is 2.10. The molecule has 0 amide bonds. The summed E-state index contributed by atoms with van der Waals surface area (Å²) in [4.78, 5) is 21.8. The van der Waals surface area contributed by atoms with Crippen molar-refractivity contribution in [3.05, 3.63) is 22.1 Å². The predicted molar refractivity (Wildman–Crippen MR) is 46.8 cm³/mol. The van der Waals surface area contributed by atoms with Crippen molar-refractivity contribution in [2.45, 2.75) is 26.3 Å². The molecule has 0 unspecified atom stereocenters. The van der Waals surface area contributed by atoms with Crippen LogP contribution in [0.3, 0.4) is 0 Å². The summed E-state index contributed by atoms with van der Waals surface area (Å²) in [5.41, 5.74) is 0.0404. The minimum absolute atomic E-state index is 0.0232. The number of nitrogens with zero attached hydrogens (tertiary/aromatic N) is 1. The first kappa shape index (κ1) is 9.57. The molecule has 1 aromatic heterocycles. The summed E-state index contributed by atoms with van der Waals surface area (Å²) < 4.78 is 1.40. The fraction of sp³-hybridized carbons (Fsp3) is 0.500. The van der Waals surface area contributed by atoms with Gasteiger partial charge in [0, 0.05) is 17.8 Å². The maximum absolute atomic E-state index is 11.4. The third-order valence-corrected chi connectivity index (χ3v) is 1.73. The van der Waals surface area contributed by atoms with Crippen LogP contribution >= 0.6 is 0 Å². The number of aromatic nitrogens is 2. The van der Waals surface area contributed by atoms with Gasteiger partial charge in [-0.25, -0.2) is 0 Å². The number of aromatic amines is 1. The Morgan fingerprint density at radius 1 is 1.69 bits per heavy atom. The number of rotatable bonds is 3. The lowest BCUT2D eigenvalue weighted by Crippen LogP contribution is -2.22. The zero-order valence-corrected chi connectivity index (χ0v) is 7.57. The van der Waals surface area contributed by atoms with Crippen LogP contribution in [0, 0.1) is 0 Å². The first-order valence-corrected chi connectivity index (χ1v) is 4.03. The van der Waals surface area contributed by atoms with Crippen LogP contribution in [0.15, 0.2) is 11.0 Å². The summed E-state index contributed by atoms with van der Waals surface area (Å²) >= 11 is 0. The molecule has 0 radical (unpaired) electrons. The molecule has 1 heterocycles. The molecule has 5 heteroatoms. The zero-order chi connectivity index (χ0) is 10.0. The van der Waals surface area contributed by atoms with E-state index in [4.69, 9.17) is 5.11 Å². The monoisotopic (exact) mass is 184 g/mol. The van der Waals surface area contributed by atoms with Gasteiger partial charge in [0.25, 0.3) is 5.56 Å². The maximum Gasteiger partial charge on any atom is 0.308 e. The average molecular weight is 184 g/mol. The molecule has 0 saturated heterocycles. The molecule has 1 aromatic rings. The molecular formula is C8H12N2O3. The SMILES string of the molecule is CC(C)n1[nH]cc(CC(=O)O)c1=O. The Hall–Kier alpha value is -1.52. The Morgan fingerprint density at radius 2 is 2.31 bits per heavy atom. The van der Waals surface area contributed by atoms with Gasteiger partial charge in [-0.05, 0) is 13.8 Å². The fourth-order valence-corrected chi connectivity index (χ4v) is 1.10. The highest BCUT2D eigenvalue weighted by molar-refractivity contribution is 5.69. The standard InChI is InChI=1S/C8H12N2O3/c1-5(2)10-8(13)6(4-9-10)3-7(11)12/h4-5,9H,3H2,1-2H3,(H,11,12). The van der Waals surface area contributed by atoms with Crippen LogP contribution in [-0.4, -0.2) is 20.9 Å². The predicted octanol–water partition coefficient (Wildman–Crippen LogP) is 0.384. The lowest BCUT2D eigenvalue weighted by Gasteiger charge is -2.03. The highest BCUT2D eigenvalue weighted by atomic mass is 16.4. The van der Waals surface area contributed by atoms with Crippen LogP contribution < -0.4 is 5.56 Å². The van der Waals surface area contributed by atoms with Crippen molar-refractivity contribution < 1.29 is 9.90 Å².